The van der Waals surface area contributed by atoms with Crippen LogP contribution in [0.2, 0.25) is 0 Å². The van der Waals surface area contributed by atoms with E-state index >= 15 is 0 Å². The Kier molecular flexibility index (Phi) is 3.41. The molecule has 4 N–H and O–H groups in total. The van der Waals surface area contributed by atoms with Crippen LogP contribution in [0.15, 0.2) is 18.2 Å². The largest absolute Gasteiger partial charge is 0.372 e. The van der Waals surface area contributed by atoms with Crippen molar-refractivity contribution in [1.82, 2.24) is 5.32 Å². The Morgan fingerprint density at radius 2 is 2.18 bits per heavy atom. The Labute approximate surface area is 97.5 Å². The van der Waals surface area contributed by atoms with Crippen LogP contribution in [0.4, 0.5) is 4.39 Å². The number of hydrogen-bond donors (Lipinski definition) is 4. The molecule has 17 heavy (non-hydrogen) atoms. The third-order valence-electron chi connectivity index (χ3n) is 2.68. The van der Waals surface area contributed by atoms with Gasteiger partial charge in [0, 0.05) is 12.1 Å². The summed E-state index contributed by atoms with van der Waals surface area (Å²) in [6.07, 6.45) is -3.01. The van der Waals surface area contributed by atoms with Gasteiger partial charge >= 0.3 is 6.10 Å². The predicted molar refractivity (Wildman–Crippen MR) is 56.2 cm³/mol. The molecule has 0 saturated heterocycles. The molecule has 1 aliphatic rings. The van der Waals surface area contributed by atoms with E-state index < -0.39 is 18.0 Å². The molecule has 0 unspecified atom stereocenters. The lowest BCUT2D eigenvalue weighted by molar-refractivity contribution is -0.333. The van der Waals surface area contributed by atoms with Crippen LogP contribution in [-0.2, 0) is 11.2 Å². The number of benzene rings is 1. The van der Waals surface area contributed by atoms with Crippen molar-refractivity contribution >= 4 is 0 Å². The highest BCUT2D eigenvalue weighted by Gasteiger charge is 2.27. The van der Waals surface area contributed by atoms with Gasteiger partial charge in [0.15, 0.2) is 0 Å². The van der Waals surface area contributed by atoms with Crippen LogP contribution < -0.4 is 5.32 Å². The zero-order valence-electron chi connectivity index (χ0n) is 9.06. The minimum Gasteiger partial charge on any atom is -0.372 e. The Balaban J connectivity index is 2.17. The zero-order valence-corrected chi connectivity index (χ0v) is 9.06. The van der Waals surface area contributed by atoms with Gasteiger partial charge in [-0.2, -0.15) is 0 Å². The molecule has 5 nitrogen and oxygen atoms in total. The molecule has 1 atom stereocenters. The predicted octanol–water partition coefficient (Wildman–Crippen LogP) is -0.383. The van der Waals surface area contributed by atoms with E-state index in [9.17, 15) is 4.39 Å². The number of halogens is 1. The van der Waals surface area contributed by atoms with Crippen LogP contribution >= 0.6 is 0 Å². The standard InChI is InChI=1S/C11H14FNO4/c12-8-3-1-2-7-4-5-17-9(10(7)8)6-13-11(14,15)16/h1-3,9,13-16H,4-6H2/t9-/m0/s1. The molecule has 0 radical (unpaired) electrons. The number of rotatable bonds is 3. The normalized spacial score (nSPS) is 20.1. The van der Waals surface area contributed by atoms with Gasteiger partial charge in [0.1, 0.15) is 5.82 Å². The number of nitrogens with one attached hydrogen (secondary N) is 1. The van der Waals surface area contributed by atoms with Crippen molar-refractivity contribution < 1.29 is 24.4 Å². The second-order valence-corrected chi connectivity index (χ2v) is 3.94. The van der Waals surface area contributed by atoms with E-state index in [1.54, 1.807) is 12.1 Å². The maximum absolute atomic E-state index is 13.6. The fourth-order valence-electron chi connectivity index (χ4n) is 1.95. The quantitative estimate of drug-likeness (QED) is 0.544. The maximum atomic E-state index is 13.6. The van der Waals surface area contributed by atoms with E-state index in [-0.39, 0.29) is 6.54 Å². The van der Waals surface area contributed by atoms with Gasteiger partial charge < -0.3 is 20.1 Å². The number of aliphatic hydroxyl groups is 3. The highest BCUT2D eigenvalue weighted by Crippen LogP contribution is 2.29. The minimum atomic E-state index is -2.98. The molecule has 6 heteroatoms. The molecule has 1 aliphatic heterocycles. The average molecular weight is 243 g/mol. The van der Waals surface area contributed by atoms with Gasteiger partial charge in [-0.3, -0.25) is 0 Å². The van der Waals surface area contributed by atoms with E-state index in [2.05, 4.69) is 0 Å². The third-order valence-corrected chi connectivity index (χ3v) is 2.68. The van der Waals surface area contributed by atoms with Crippen molar-refractivity contribution in [2.45, 2.75) is 18.6 Å². The van der Waals surface area contributed by atoms with Crippen molar-refractivity contribution in [2.75, 3.05) is 13.2 Å². The van der Waals surface area contributed by atoms with E-state index in [0.717, 1.165) is 5.56 Å². The molecule has 0 fully saturated rings. The minimum absolute atomic E-state index is 0.0998. The maximum Gasteiger partial charge on any atom is 0.343 e. The Morgan fingerprint density at radius 1 is 1.41 bits per heavy atom. The highest BCUT2D eigenvalue weighted by atomic mass is 19.1. The van der Waals surface area contributed by atoms with Crippen molar-refractivity contribution in [3.63, 3.8) is 0 Å². The Morgan fingerprint density at radius 3 is 2.88 bits per heavy atom. The number of hydrogen-bond acceptors (Lipinski definition) is 5. The van der Waals surface area contributed by atoms with E-state index in [0.29, 0.717) is 18.6 Å². The van der Waals surface area contributed by atoms with Crippen LogP contribution in [0, 0.1) is 5.82 Å². The second kappa shape index (κ2) is 4.67. The van der Waals surface area contributed by atoms with Gasteiger partial charge in [-0.25, -0.2) is 9.71 Å². The average Bonchev–Trinajstić information content (AvgIpc) is 2.25. The number of fused-ring (bicyclic) bond motifs is 1. The first-order valence-electron chi connectivity index (χ1n) is 5.28. The zero-order chi connectivity index (χ0) is 12.5. The molecule has 0 saturated carbocycles. The van der Waals surface area contributed by atoms with E-state index in [1.165, 1.54) is 6.07 Å². The first kappa shape index (κ1) is 12.4. The third kappa shape index (κ3) is 2.99. The first-order chi connectivity index (χ1) is 7.97. The van der Waals surface area contributed by atoms with Gasteiger partial charge in [0.25, 0.3) is 0 Å². The van der Waals surface area contributed by atoms with Crippen LogP contribution in [0.1, 0.15) is 17.2 Å². The lowest BCUT2D eigenvalue weighted by Gasteiger charge is -2.28. The van der Waals surface area contributed by atoms with Crippen molar-refractivity contribution in [3.05, 3.63) is 35.1 Å². The Hall–Kier alpha value is -1.05. The van der Waals surface area contributed by atoms with Gasteiger partial charge in [0.05, 0.1) is 12.7 Å². The summed E-state index contributed by atoms with van der Waals surface area (Å²) in [7, 11) is 0. The summed E-state index contributed by atoms with van der Waals surface area (Å²) in [5, 5.41) is 28.2. The molecular weight excluding hydrogens is 229 g/mol. The molecule has 0 aliphatic carbocycles. The lowest BCUT2D eigenvalue weighted by Crippen LogP contribution is -2.47. The fraction of sp³-hybridized carbons (Fsp3) is 0.455. The molecule has 1 heterocycles. The SMILES string of the molecule is OC(O)(O)NC[C@@H]1OCCc2cccc(F)c21. The smallest absolute Gasteiger partial charge is 0.343 e. The van der Waals surface area contributed by atoms with Crippen LogP contribution in [0.3, 0.4) is 0 Å². The van der Waals surface area contributed by atoms with Crippen molar-refractivity contribution in [2.24, 2.45) is 0 Å². The topological polar surface area (TPSA) is 82.0 Å². The van der Waals surface area contributed by atoms with Crippen LogP contribution in [0.25, 0.3) is 0 Å². The summed E-state index contributed by atoms with van der Waals surface area (Å²) in [6, 6.07) is 4.75. The molecular formula is C11H14FNO4. The number of ether oxygens (including phenoxy) is 1. The summed E-state index contributed by atoms with van der Waals surface area (Å²) >= 11 is 0. The monoisotopic (exact) mass is 243 g/mol. The lowest BCUT2D eigenvalue weighted by atomic mass is 9.97. The van der Waals surface area contributed by atoms with E-state index in [4.69, 9.17) is 20.1 Å². The molecule has 0 spiro atoms. The van der Waals surface area contributed by atoms with Gasteiger partial charge in [-0.05, 0) is 18.1 Å². The summed E-state index contributed by atoms with van der Waals surface area (Å²) < 4.78 is 19.0. The summed E-state index contributed by atoms with van der Waals surface area (Å²) in [5.74, 6) is -0.395. The fourth-order valence-corrected chi connectivity index (χ4v) is 1.95. The molecule has 1 aromatic carbocycles. The first-order valence-corrected chi connectivity index (χ1v) is 5.28. The van der Waals surface area contributed by atoms with Crippen molar-refractivity contribution in [1.29, 1.82) is 0 Å². The van der Waals surface area contributed by atoms with Gasteiger partial charge in [-0.15, -0.1) is 0 Å². The van der Waals surface area contributed by atoms with Crippen molar-refractivity contribution in [3.8, 4) is 0 Å². The van der Waals surface area contributed by atoms with Crippen LogP contribution in [0.5, 0.6) is 0 Å². The molecule has 1 aromatic rings. The molecule has 94 valence electrons. The van der Waals surface area contributed by atoms with Gasteiger partial charge in [0.2, 0.25) is 0 Å². The summed E-state index contributed by atoms with van der Waals surface area (Å²) in [4.78, 5) is 0. The summed E-state index contributed by atoms with van der Waals surface area (Å²) in [6.45, 7) is 0.329. The second-order valence-electron chi connectivity index (χ2n) is 3.94. The molecule has 0 aromatic heterocycles. The molecule has 2 rings (SSSR count). The molecule has 0 bridgehead atoms. The highest BCUT2D eigenvalue weighted by molar-refractivity contribution is 5.32. The van der Waals surface area contributed by atoms with E-state index in [1.807, 2.05) is 5.32 Å². The Bertz CT molecular complexity index is 405. The van der Waals surface area contributed by atoms with Crippen LogP contribution in [-0.4, -0.2) is 34.6 Å². The van der Waals surface area contributed by atoms with Gasteiger partial charge in [-0.1, -0.05) is 12.1 Å². The summed E-state index contributed by atoms with van der Waals surface area (Å²) in [5.41, 5.74) is 1.23. The molecule has 0 amide bonds.